The first-order valence-corrected chi connectivity index (χ1v) is 7.47. The first-order valence-electron chi connectivity index (χ1n) is 5.29. The molecule has 6 heteroatoms. The molecule has 1 unspecified atom stereocenters. The molecule has 0 fully saturated rings. The van der Waals surface area contributed by atoms with Crippen LogP contribution >= 0.6 is 34.7 Å². The lowest BCUT2D eigenvalue weighted by Gasteiger charge is -2.13. The molecule has 0 radical (unpaired) electrons. The summed E-state index contributed by atoms with van der Waals surface area (Å²) in [5.74, 6) is 6.03. The number of benzene rings is 1. The van der Waals surface area contributed by atoms with E-state index in [0.717, 1.165) is 19.9 Å². The molecular weight excluding hydrogens is 291 g/mol. The first-order chi connectivity index (χ1) is 8.69. The van der Waals surface area contributed by atoms with Crippen molar-refractivity contribution in [2.24, 2.45) is 5.84 Å². The van der Waals surface area contributed by atoms with E-state index in [-0.39, 0.29) is 11.9 Å². The maximum absolute atomic E-state index is 13.0. The van der Waals surface area contributed by atoms with Gasteiger partial charge in [0.25, 0.3) is 0 Å². The second-order valence-corrected chi connectivity index (χ2v) is 6.47. The lowest BCUT2D eigenvalue weighted by atomic mass is 10.3. The van der Waals surface area contributed by atoms with Gasteiger partial charge in [-0.2, -0.15) is 0 Å². The highest BCUT2D eigenvalue weighted by atomic mass is 35.5. The summed E-state index contributed by atoms with van der Waals surface area (Å²) in [6.07, 6.45) is 0. The third-order valence-electron chi connectivity index (χ3n) is 2.35. The molecule has 0 bridgehead atoms. The number of rotatable bonds is 5. The van der Waals surface area contributed by atoms with E-state index in [1.165, 1.54) is 23.5 Å². The molecule has 0 aliphatic carbocycles. The van der Waals surface area contributed by atoms with Crippen LogP contribution in [-0.2, 0) is 0 Å². The van der Waals surface area contributed by atoms with Crippen LogP contribution in [0.1, 0.15) is 10.9 Å². The summed E-state index contributed by atoms with van der Waals surface area (Å²) in [5.41, 5.74) is 2.75. The molecule has 2 aromatic rings. The summed E-state index contributed by atoms with van der Waals surface area (Å²) in [5, 5.41) is 0. The van der Waals surface area contributed by atoms with Gasteiger partial charge in [0.2, 0.25) is 0 Å². The molecular formula is C12H12ClFN2S2. The number of nitrogens with one attached hydrogen (secondary N) is 1. The Bertz CT molecular complexity index is 518. The van der Waals surface area contributed by atoms with E-state index in [0.29, 0.717) is 0 Å². The standard InChI is InChI=1S/C12H12ClFN2S2/c13-12-5-4-11(18-12)10(16-15)7-17-9-3-1-2-8(14)6-9/h1-6,10,16H,7,15H2. The van der Waals surface area contributed by atoms with Crippen molar-refractivity contribution in [2.75, 3.05) is 5.75 Å². The fraction of sp³-hybridized carbons (Fsp3) is 0.167. The molecule has 0 aliphatic heterocycles. The quantitative estimate of drug-likeness (QED) is 0.501. The van der Waals surface area contributed by atoms with Crippen LogP contribution in [0, 0.1) is 5.82 Å². The van der Waals surface area contributed by atoms with Crippen molar-refractivity contribution in [3.05, 3.63) is 51.4 Å². The summed E-state index contributed by atoms with van der Waals surface area (Å²) < 4.78 is 13.8. The van der Waals surface area contributed by atoms with Crippen LogP contribution in [-0.4, -0.2) is 5.75 Å². The van der Waals surface area contributed by atoms with Gasteiger partial charge in [0, 0.05) is 15.5 Å². The van der Waals surface area contributed by atoms with Gasteiger partial charge in [0.1, 0.15) is 5.82 Å². The Morgan fingerprint density at radius 3 is 2.83 bits per heavy atom. The number of thiophene rings is 1. The van der Waals surface area contributed by atoms with Gasteiger partial charge >= 0.3 is 0 Å². The Morgan fingerprint density at radius 1 is 1.39 bits per heavy atom. The topological polar surface area (TPSA) is 38.0 Å². The molecule has 1 aromatic carbocycles. The van der Waals surface area contributed by atoms with Crippen molar-refractivity contribution in [1.29, 1.82) is 0 Å². The molecule has 18 heavy (non-hydrogen) atoms. The summed E-state index contributed by atoms with van der Waals surface area (Å²) in [6.45, 7) is 0. The van der Waals surface area contributed by atoms with E-state index in [1.54, 1.807) is 17.8 Å². The maximum Gasteiger partial charge on any atom is 0.124 e. The second kappa shape index (κ2) is 6.54. The number of hydrazine groups is 1. The number of nitrogens with two attached hydrogens (primary N) is 1. The number of thioether (sulfide) groups is 1. The Morgan fingerprint density at radius 2 is 2.22 bits per heavy atom. The SMILES string of the molecule is NNC(CSc1cccc(F)c1)c1ccc(Cl)s1. The smallest absolute Gasteiger partial charge is 0.124 e. The summed E-state index contributed by atoms with van der Waals surface area (Å²) in [4.78, 5) is 1.96. The summed E-state index contributed by atoms with van der Waals surface area (Å²) in [6, 6.07) is 10.3. The minimum Gasteiger partial charge on any atom is -0.271 e. The summed E-state index contributed by atoms with van der Waals surface area (Å²) in [7, 11) is 0. The van der Waals surface area contributed by atoms with Gasteiger partial charge in [-0.1, -0.05) is 17.7 Å². The molecule has 96 valence electrons. The number of halogens is 2. The fourth-order valence-electron chi connectivity index (χ4n) is 1.46. The van der Waals surface area contributed by atoms with Crippen molar-refractivity contribution < 1.29 is 4.39 Å². The normalized spacial score (nSPS) is 12.6. The highest BCUT2D eigenvalue weighted by Crippen LogP contribution is 2.30. The van der Waals surface area contributed by atoms with Crippen LogP contribution in [0.15, 0.2) is 41.3 Å². The van der Waals surface area contributed by atoms with Gasteiger partial charge in [-0.05, 0) is 30.3 Å². The van der Waals surface area contributed by atoms with Crippen LogP contribution in [0.3, 0.4) is 0 Å². The average Bonchev–Trinajstić information content (AvgIpc) is 2.77. The number of hydrogen-bond donors (Lipinski definition) is 2. The first kappa shape index (κ1) is 13.8. The zero-order valence-electron chi connectivity index (χ0n) is 9.40. The molecule has 2 nitrogen and oxygen atoms in total. The summed E-state index contributed by atoms with van der Waals surface area (Å²) >= 11 is 8.94. The Kier molecular flexibility index (Phi) is 5.03. The zero-order chi connectivity index (χ0) is 13.0. The number of hydrogen-bond acceptors (Lipinski definition) is 4. The van der Waals surface area contributed by atoms with Gasteiger partial charge in [-0.25, -0.2) is 4.39 Å². The molecule has 0 saturated carbocycles. The van der Waals surface area contributed by atoms with E-state index in [2.05, 4.69) is 5.43 Å². The molecule has 1 atom stereocenters. The molecule has 0 spiro atoms. The maximum atomic E-state index is 13.0. The Balaban J connectivity index is 1.99. The van der Waals surface area contributed by atoms with Crippen LogP contribution in [0.5, 0.6) is 0 Å². The average molecular weight is 303 g/mol. The zero-order valence-corrected chi connectivity index (χ0v) is 11.8. The van der Waals surface area contributed by atoms with Crippen LogP contribution in [0.25, 0.3) is 0 Å². The third kappa shape index (κ3) is 3.70. The van der Waals surface area contributed by atoms with Crippen LogP contribution in [0.2, 0.25) is 4.34 Å². The third-order valence-corrected chi connectivity index (χ3v) is 4.78. The molecule has 1 heterocycles. The molecule has 1 aromatic heterocycles. The Hall–Kier alpha value is -0.590. The Labute approximate surface area is 118 Å². The van der Waals surface area contributed by atoms with E-state index in [4.69, 9.17) is 17.4 Å². The molecule has 0 saturated heterocycles. The lowest BCUT2D eigenvalue weighted by molar-refractivity contribution is 0.618. The minimum absolute atomic E-state index is 0.00997. The van der Waals surface area contributed by atoms with Crippen molar-refractivity contribution >= 4 is 34.7 Å². The largest absolute Gasteiger partial charge is 0.271 e. The van der Waals surface area contributed by atoms with E-state index in [1.807, 2.05) is 18.2 Å². The van der Waals surface area contributed by atoms with Gasteiger partial charge < -0.3 is 0 Å². The highest BCUT2D eigenvalue weighted by Gasteiger charge is 2.12. The van der Waals surface area contributed by atoms with Crippen LogP contribution in [0.4, 0.5) is 4.39 Å². The van der Waals surface area contributed by atoms with Gasteiger partial charge in [0.05, 0.1) is 10.4 Å². The molecule has 0 amide bonds. The van der Waals surface area contributed by atoms with Gasteiger partial charge in [0.15, 0.2) is 0 Å². The lowest BCUT2D eigenvalue weighted by Crippen LogP contribution is -2.29. The van der Waals surface area contributed by atoms with Crippen LogP contribution < -0.4 is 11.3 Å². The van der Waals surface area contributed by atoms with Gasteiger partial charge in [-0.3, -0.25) is 11.3 Å². The van der Waals surface area contributed by atoms with Crippen molar-refractivity contribution in [1.82, 2.24) is 5.43 Å². The fourth-order valence-corrected chi connectivity index (χ4v) is 3.70. The molecule has 3 N–H and O–H groups in total. The van der Waals surface area contributed by atoms with Gasteiger partial charge in [-0.15, -0.1) is 23.1 Å². The predicted octanol–water partition coefficient (Wildman–Crippen LogP) is 3.84. The molecule has 2 rings (SSSR count). The van der Waals surface area contributed by atoms with Crippen molar-refractivity contribution in [2.45, 2.75) is 10.9 Å². The van der Waals surface area contributed by atoms with Crippen molar-refractivity contribution in [3.8, 4) is 0 Å². The predicted molar refractivity (Wildman–Crippen MR) is 76.5 cm³/mol. The molecule has 0 aliphatic rings. The second-order valence-electron chi connectivity index (χ2n) is 3.63. The monoisotopic (exact) mass is 302 g/mol. The van der Waals surface area contributed by atoms with E-state index >= 15 is 0 Å². The van der Waals surface area contributed by atoms with E-state index in [9.17, 15) is 4.39 Å². The highest BCUT2D eigenvalue weighted by molar-refractivity contribution is 7.99. The van der Waals surface area contributed by atoms with E-state index < -0.39 is 0 Å². The van der Waals surface area contributed by atoms with Crippen molar-refractivity contribution in [3.63, 3.8) is 0 Å². The minimum atomic E-state index is -0.226.